The maximum Gasteiger partial charge on any atom is 0.323 e. The number of hydrogen-bond acceptors (Lipinski definition) is 9. The first-order valence-corrected chi connectivity index (χ1v) is 14.9. The second kappa shape index (κ2) is 13.7. The lowest BCUT2D eigenvalue weighted by molar-refractivity contribution is 0.240. The molecule has 1 fully saturated rings. The highest BCUT2D eigenvalue weighted by Gasteiger charge is 2.31. The SMILES string of the molecule is Cn1cc(-c2ccc(N(C(=O)NCc3ccccc3)[C@H]3CC[C@H](Nc4ncc(C#N)c(NCc5ccn[nH]5)n4)CC3)nc2)cn1. The number of aryl methyl sites for hydroxylation is 1. The van der Waals surface area contributed by atoms with Crippen molar-refractivity contribution in [3.8, 4) is 17.2 Å². The molecule has 1 aromatic carbocycles. The van der Waals surface area contributed by atoms with Crippen molar-refractivity contribution in [3.63, 3.8) is 0 Å². The number of pyridine rings is 1. The van der Waals surface area contributed by atoms with Crippen LogP contribution >= 0.6 is 0 Å². The quantitative estimate of drug-likeness (QED) is 0.178. The normalized spacial score (nSPS) is 16.0. The fourth-order valence-corrected chi connectivity index (χ4v) is 5.48. The topological polar surface area (TPSA) is 165 Å². The molecular weight excluding hydrogens is 568 g/mol. The Morgan fingerprint density at radius 2 is 1.87 bits per heavy atom. The highest BCUT2D eigenvalue weighted by atomic mass is 16.2. The van der Waals surface area contributed by atoms with Gasteiger partial charge < -0.3 is 16.0 Å². The van der Waals surface area contributed by atoms with Gasteiger partial charge in [-0.1, -0.05) is 30.3 Å². The van der Waals surface area contributed by atoms with Crippen molar-refractivity contribution in [1.82, 2.24) is 40.2 Å². The molecule has 4 aromatic heterocycles. The third-order valence-corrected chi connectivity index (χ3v) is 7.85. The van der Waals surface area contributed by atoms with Crippen LogP contribution in [0.3, 0.4) is 0 Å². The molecule has 6 rings (SSSR count). The minimum Gasteiger partial charge on any atom is -0.363 e. The molecule has 45 heavy (non-hydrogen) atoms. The molecule has 0 unspecified atom stereocenters. The number of urea groups is 1. The number of hydrogen-bond donors (Lipinski definition) is 4. The van der Waals surface area contributed by atoms with Gasteiger partial charge in [-0.2, -0.15) is 20.4 Å². The van der Waals surface area contributed by atoms with Crippen molar-refractivity contribution in [2.24, 2.45) is 7.05 Å². The van der Waals surface area contributed by atoms with Crippen LogP contribution in [-0.2, 0) is 20.1 Å². The molecule has 0 atom stereocenters. The van der Waals surface area contributed by atoms with Gasteiger partial charge in [-0.25, -0.2) is 14.8 Å². The molecule has 0 saturated heterocycles. The van der Waals surface area contributed by atoms with Crippen LogP contribution in [0, 0.1) is 11.3 Å². The minimum absolute atomic E-state index is 0.0379. The summed E-state index contributed by atoms with van der Waals surface area (Å²) in [5.41, 5.74) is 4.17. The van der Waals surface area contributed by atoms with E-state index >= 15 is 0 Å². The maximum atomic E-state index is 13.7. The number of carbonyl (C=O) groups excluding carboxylic acids is 1. The van der Waals surface area contributed by atoms with Crippen LogP contribution in [-0.4, -0.2) is 53.0 Å². The largest absolute Gasteiger partial charge is 0.363 e. The van der Waals surface area contributed by atoms with Crippen LogP contribution < -0.4 is 20.9 Å². The van der Waals surface area contributed by atoms with E-state index in [1.807, 2.05) is 61.8 Å². The molecule has 0 bridgehead atoms. The highest BCUT2D eigenvalue weighted by molar-refractivity contribution is 5.91. The number of rotatable bonds is 10. The Hall–Kier alpha value is -5.77. The van der Waals surface area contributed by atoms with Gasteiger partial charge >= 0.3 is 6.03 Å². The summed E-state index contributed by atoms with van der Waals surface area (Å²) in [6, 6.07) is 17.6. The van der Waals surface area contributed by atoms with Crippen LogP contribution in [0.15, 0.2) is 79.5 Å². The second-order valence-electron chi connectivity index (χ2n) is 11.0. The molecule has 4 heterocycles. The third-order valence-electron chi connectivity index (χ3n) is 7.85. The van der Waals surface area contributed by atoms with Crippen LogP contribution in [0.25, 0.3) is 11.1 Å². The van der Waals surface area contributed by atoms with Crippen molar-refractivity contribution < 1.29 is 4.79 Å². The number of nitrogens with one attached hydrogen (secondary N) is 4. The molecule has 5 aromatic rings. The number of benzene rings is 1. The smallest absolute Gasteiger partial charge is 0.323 e. The lowest BCUT2D eigenvalue weighted by Gasteiger charge is -2.36. The summed E-state index contributed by atoms with van der Waals surface area (Å²) in [6.45, 7) is 0.878. The van der Waals surface area contributed by atoms with Crippen LogP contribution in [0.1, 0.15) is 42.5 Å². The van der Waals surface area contributed by atoms with Gasteiger partial charge in [0.15, 0.2) is 0 Å². The Morgan fingerprint density at radius 3 is 2.56 bits per heavy atom. The van der Waals surface area contributed by atoms with Crippen molar-refractivity contribution in [2.75, 3.05) is 15.5 Å². The molecule has 2 amide bonds. The van der Waals surface area contributed by atoms with E-state index in [1.54, 1.807) is 28.2 Å². The summed E-state index contributed by atoms with van der Waals surface area (Å²) in [7, 11) is 1.88. The fourth-order valence-electron chi connectivity index (χ4n) is 5.48. The van der Waals surface area contributed by atoms with E-state index < -0.39 is 0 Å². The number of anilines is 3. The van der Waals surface area contributed by atoms with Crippen molar-refractivity contribution in [3.05, 3.63) is 96.3 Å². The predicted molar refractivity (Wildman–Crippen MR) is 170 cm³/mol. The lowest BCUT2D eigenvalue weighted by Crippen LogP contribution is -2.49. The first kappa shape index (κ1) is 29.3. The summed E-state index contributed by atoms with van der Waals surface area (Å²) >= 11 is 0. The summed E-state index contributed by atoms with van der Waals surface area (Å²) in [4.78, 5) is 29.1. The molecule has 1 aliphatic rings. The van der Waals surface area contributed by atoms with Crippen LogP contribution in [0.5, 0.6) is 0 Å². The number of nitrogens with zero attached hydrogens (tertiary/aromatic N) is 8. The number of nitriles is 1. The first-order valence-electron chi connectivity index (χ1n) is 14.9. The predicted octanol–water partition coefficient (Wildman–Crippen LogP) is 4.62. The monoisotopic (exact) mass is 602 g/mol. The van der Waals surface area contributed by atoms with Gasteiger partial charge in [0.1, 0.15) is 23.3 Å². The minimum atomic E-state index is -0.180. The van der Waals surface area contributed by atoms with E-state index in [9.17, 15) is 10.1 Å². The van der Waals surface area contributed by atoms with Gasteiger partial charge in [-0.3, -0.25) is 14.7 Å². The van der Waals surface area contributed by atoms with Crippen molar-refractivity contribution in [2.45, 2.75) is 50.9 Å². The lowest BCUT2D eigenvalue weighted by atomic mass is 9.90. The van der Waals surface area contributed by atoms with Gasteiger partial charge in [-0.05, 0) is 49.4 Å². The standard InChI is InChI=1S/C32H34N12O/c1-43-21-25(19-39-43)23-7-12-29(34-17-23)44(32(45)37-16-22-5-3-2-4-6-22)28-10-8-26(9-11-28)40-31-36-18-24(15-33)30(41-31)35-20-27-13-14-38-42-27/h2-7,12-14,17-19,21,26,28H,8-11,16,20H2,1H3,(H,37,45)(H,38,42)(H2,35,36,40,41)/t26-,28-. The second-order valence-corrected chi connectivity index (χ2v) is 11.0. The van der Waals surface area contributed by atoms with Crippen molar-refractivity contribution >= 4 is 23.6 Å². The molecule has 13 heteroatoms. The van der Waals surface area contributed by atoms with Gasteiger partial charge in [0.25, 0.3) is 0 Å². The molecule has 228 valence electrons. The van der Waals surface area contributed by atoms with Gasteiger partial charge in [0.2, 0.25) is 5.95 Å². The molecule has 1 saturated carbocycles. The molecular formula is C32H34N12O. The summed E-state index contributed by atoms with van der Waals surface area (Å²) in [5, 5.41) is 30.3. The first-order chi connectivity index (χ1) is 22.1. The number of aromatic amines is 1. The Balaban J connectivity index is 1.13. The molecule has 0 spiro atoms. The Kier molecular flexibility index (Phi) is 8.91. The maximum absolute atomic E-state index is 13.7. The van der Waals surface area contributed by atoms with Gasteiger partial charge in [-0.15, -0.1) is 0 Å². The van der Waals surface area contributed by atoms with Crippen molar-refractivity contribution in [1.29, 1.82) is 5.26 Å². The fraction of sp³-hybridized carbons (Fsp3) is 0.281. The zero-order valence-electron chi connectivity index (χ0n) is 24.9. The van der Waals surface area contributed by atoms with E-state index in [-0.39, 0.29) is 18.1 Å². The third kappa shape index (κ3) is 7.24. The van der Waals surface area contributed by atoms with Crippen LogP contribution in [0.2, 0.25) is 0 Å². The number of amides is 2. The van der Waals surface area contributed by atoms with Crippen LogP contribution in [0.4, 0.5) is 22.4 Å². The number of carbonyl (C=O) groups is 1. The zero-order valence-corrected chi connectivity index (χ0v) is 24.9. The Bertz CT molecular complexity index is 1740. The van der Waals surface area contributed by atoms with Gasteiger partial charge in [0.05, 0.1) is 24.6 Å². The van der Waals surface area contributed by atoms with E-state index in [1.165, 1.54) is 6.20 Å². The Labute approximate surface area is 260 Å². The summed E-state index contributed by atoms with van der Waals surface area (Å²) in [5.74, 6) is 1.52. The Morgan fingerprint density at radius 1 is 1.02 bits per heavy atom. The number of H-pyrrole nitrogens is 1. The molecule has 0 radical (unpaired) electrons. The summed E-state index contributed by atoms with van der Waals surface area (Å²) in [6.07, 6.45) is 11.9. The van der Waals surface area contributed by atoms with Gasteiger partial charge in [0, 0.05) is 55.4 Å². The molecule has 0 aliphatic heterocycles. The summed E-state index contributed by atoms with van der Waals surface area (Å²) < 4.78 is 1.75. The molecule has 4 N–H and O–H groups in total. The van der Waals surface area contributed by atoms with E-state index in [4.69, 9.17) is 4.98 Å². The highest BCUT2D eigenvalue weighted by Crippen LogP contribution is 2.30. The average molecular weight is 603 g/mol. The molecule has 13 nitrogen and oxygen atoms in total. The van der Waals surface area contributed by atoms with E-state index in [2.05, 4.69) is 47.3 Å². The van der Waals surface area contributed by atoms with E-state index in [0.29, 0.717) is 36.2 Å². The molecule has 1 aliphatic carbocycles. The number of aromatic nitrogens is 7. The van der Waals surface area contributed by atoms with E-state index in [0.717, 1.165) is 48.1 Å². The average Bonchev–Trinajstić information content (AvgIpc) is 3.77. The zero-order chi connectivity index (χ0) is 31.0.